The van der Waals surface area contributed by atoms with Gasteiger partial charge in [-0.15, -0.1) is 0 Å². The number of aromatic nitrogens is 1. The molecule has 32 heavy (non-hydrogen) atoms. The van der Waals surface area contributed by atoms with Crippen LogP contribution in [0.25, 0.3) is 0 Å². The van der Waals surface area contributed by atoms with E-state index in [9.17, 15) is 4.79 Å². The predicted molar refractivity (Wildman–Crippen MR) is 125 cm³/mol. The molecule has 0 bridgehead atoms. The molecule has 4 rings (SSSR count). The second kappa shape index (κ2) is 10.6. The summed E-state index contributed by atoms with van der Waals surface area (Å²) in [5, 5.41) is 0. The number of pyridine rings is 1. The molecule has 1 atom stereocenters. The van der Waals surface area contributed by atoms with Gasteiger partial charge in [0.15, 0.2) is 11.5 Å². The lowest BCUT2D eigenvalue weighted by atomic mass is 10.1. The molecule has 1 fully saturated rings. The molecule has 1 amide bonds. The van der Waals surface area contributed by atoms with Crippen LogP contribution in [0, 0.1) is 0 Å². The van der Waals surface area contributed by atoms with Crippen LogP contribution in [0.3, 0.4) is 0 Å². The van der Waals surface area contributed by atoms with E-state index in [0.29, 0.717) is 50.0 Å². The number of morpholine rings is 1. The van der Waals surface area contributed by atoms with Crippen LogP contribution in [0.15, 0.2) is 71.5 Å². The van der Waals surface area contributed by atoms with Crippen molar-refractivity contribution in [2.24, 2.45) is 0 Å². The quantitative estimate of drug-likeness (QED) is 0.458. The largest absolute Gasteiger partial charge is 0.490 e. The Morgan fingerprint density at radius 2 is 2.00 bits per heavy atom. The summed E-state index contributed by atoms with van der Waals surface area (Å²) in [5.41, 5.74) is 2.58. The number of ether oxygens (including phenoxy) is 3. The van der Waals surface area contributed by atoms with Gasteiger partial charge in [-0.2, -0.15) is 0 Å². The first-order chi connectivity index (χ1) is 15.6. The van der Waals surface area contributed by atoms with E-state index in [0.717, 1.165) is 15.6 Å². The minimum Gasteiger partial charge on any atom is -0.490 e. The Kier molecular flexibility index (Phi) is 7.39. The van der Waals surface area contributed by atoms with Crippen molar-refractivity contribution in [2.45, 2.75) is 19.6 Å². The lowest BCUT2D eigenvalue weighted by molar-refractivity contribution is -0.0228. The van der Waals surface area contributed by atoms with Crippen molar-refractivity contribution in [1.82, 2.24) is 9.88 Å². The molecule has 3 aromatic rings. The highest BCUT2D eigenvalue weighted by atomic mass is 79.9. The molecule has 2 heterocycles. The van der Waals surface area contributed by atoms with Gasteiger partial charge < -0.3 is 19.1 Å². The maximum Gasteiger partial charge on any atom is 0.254 e. The Labute approximate surface area is 196 Å². The molecule has 0 saturated carbocycles. The van der Waals surface area contributed by atoms with Crippen LogP contribution in [-0.2, 0) is 11.3 Å². The van der Waals surface area contributed by atoms with Crippen molar-refractivity contribution in [3.8, 4) is 11.5 Å². The van der Waals surface area contributed by atoms with Crippen molar-refractivity contribution in [1.29, 1.82) is 0 Å². The molecule has 6 nitrogen and oxygen atoms in total. The number of carbonyl (C=O) groups is 1. The molecule has 0 aliphatic carbocycles. The third kappa shape index (κ3) is 5.47. The molecule has 0 spiro atoms. The average Bonchev–Trinajstić information content (AvgIpc) is 2.84. The fraction of sp³-hybridized carbons (Fsp3) is 0.280. The Hall–Kier alpha value is -2.90. The zero-order valence-electron chi connectivity index (χ0n) is 17.9. The zero-order valence-corrected chi connectivity index (χ0v) is 19.5. The topological polar surface area (TPSA) is 60.9 Å². The maximum absolute atomic E-state index is 13.2. The molecular formula is C25H25BrN2O4. The van der Waals surface area contributed by atoms with E-state index in [-0.39, 0.29) is 12.0 Å². The predicted octanol–water partition coefficient (Wildman–Crippen LogP) is 5.04. The van der Waals surface area contributed by atoms with Crippen LogP contribution in [0.1, 0.15) is 34.5 Å². The van der Waals surface area contributed by atoms with Crippen molar-refractivity contribution in [3.63, 3.8) is 0 Å². The SMILES string of the molecule is CCOc1cc(C(=O)N2CCOC(c3ccc(Br)cc3)C2)ccc1OCc1cccnc1. The lowest BCUT2D eigenvalue weighted by Gasteiger charge is -2.33. The summed E-state index contributed by atoms with van der Waals surface area (Å²) >= 11 is 3.45. The summed E-state index contributed by atoms with van der Waals surface area (Å²) in [4.78, 5) is 19.2. The van der Waals surface area contributed by atoms with Gasteiger partial charge in [0, 0.05) is 34.5 Å². The zero-order chi connectivity index (χ0) is 22.3. The maximum atomic E-state index is 13.2. The third-order valence-corrected chi connectivity index (χ3v) is 5.73. The highest BCUT2D eigenvalue weighted by molar-refractivity contribution is 9.10. The number of hydrogen-bond donors (Lipinski definition) is 0. The molecule has 1 aromatic heterocycles. The van der Waals surface area contributed by atoms with Crippen LogP contribution in [0.4, 0.5) is 0 Å². The van der Waals surface area contributed by atoms with Crippen LogP contribution in [0.5, 0.6) is 11.5 Å². The van der Waals surface area contributed by atoms with Gasteiger partial charge in [-0.3, -0.25) is 9.78 Å². The van der Waals surface area contributed by atoms with E-state index in [4.69, 9.17) is 14.2 Å². The van der Waals surface area contributed by atoms with E-state index in [1.807, 2.05) is 48.2 Å². The van der Waals surface area contributed by atoms with Crippen molar-refractivity contribution in [2.75, 3.05) is 26.3 Å². The summed E-state index contributed by atoms with van der Waals surface area (Å²) in [6.07, 6.45) is 3.34. The van der Waals surface area contributed by atoms with Crippen LogP contribution in [-0.4, -0.2) is 42.1 Å². The van der Waals surface area contributed by atoms with Crippen LogP contribution in [0.2, 0.25) is 0 Å². The Morgan fingerprint density at radius 3 is 2.75 bits per heavy atom. The third-order valence-electron chi connectivity index (χ3n) is 5.20. The molecule has 1 aliphatic heterocycles. The van der Waals surface area contributed by atoms with Gasteiger partial charge >= 0.3 is 0 Å². The summed E-state index contributed by atoms with van der Waals surface area (Å²) < 4.78 is 18.6. The highest BCUT2D eigenvalue weighted by Gasteiger charge is 2.26. The number of rotatable bonds is 7. The minimum absolute atomic E-state index is 0.0461. The van der Waals surface area contributed by atoms with Gasteiger partial charge in [0.1, 0.15) is 12.7 Å². The summed E-state index contributed by atoms with van der Waals surface area (Å²) in [6, 6.07) is 17.2. The molecule has 0 N–H and O–H groups in total. The van der Waals surface area contributed by atoms with Gasteiger partial charge in [0.25, 0.3) is 5.91 Å². The van der Waals surface area contributed by atoms with Gasteiger partial charge in [-0.05, 0) is 48.9 Å². The second-order valence-electron chi connectivity index (χ2n) is 7.41. The fourth-order valence-electron chi connectivity index (χ4n) is 3.57. The first-order valence-corrected chi connectivity index (χ1v) is 11.4. The average molecular weight is 497 g/mol. The second-order valence-corrected chi connectivity index (χ2v) is 8.32. The Morgan fingerprint density at radius 1 is 1.16 bits per heavy atom. The standard InChI is InChI=1S/C25H25BrN2O4/c1-2-30-23-14-20(7-10-22(23)32-17-18-4-3-11-27-15-18)25(29)28-12-13-31-24(16-28)19-5-8-21(26)9-6-19/h3-11,14-15,24H,2,12-13,16-17H2,1H3. The van der Waals surface area contributed by atoms with Gasteiger partial charge in [-0.1, -0.05) is 34.1 Å². The number of amides is 1. The van der Waals surface area contributed by atoms with Crippen molar-refractivity contribution < 1.29 is 19.0 Å². The molecule has 1 saturated heterocycles. The van der Waals surface area contributed by atoms with Gasteiger partial charge in [0.05, 0.1) is 19.8 Å². The van der Waals surface area contributed by atoms with Gasteiger partial charge in [0.2, 0.25) is 0 Å². The number of halogens is 1. The summed E-state index contributed by atoms with van der Waals surface area (Å²) in [6.45, 7) is 4.31. The number of nitrogens with zero attached hydrogens (tertiary/aromatic N) is 2. The molecule has 1 aliphatic rings. The van der Waals surface area contributed by atoms with Crippen LogP contribution < -0.4 is 9.47 Å². The van der Waals surface area contributed by atoms with E-state index >= 15 is 0 Å². The number of hydrogen-bond acceptors (Lipinski definition) is 5. The normalized spacial score (nSPS) is 15.9. The molecule has 166 valence electrons. The first kappa shape index (κ1) is 22.3. The van der Waals surface area contributed by atoms with E-state index in [2.05, 4.69) is 20.9 Å². The van der Waals surface area contributed by atoms with E-state index < -0.39 is 0 Å². The lowest BCUT2D eigenvalue weighted by Crippen LogP contribution is -2.42. The van der Waals surface area contributed by atoms with Crippen molar-refractivity contribution in [3.05, 3.63) is 88.2 Å². The summed E-state index contributed by atoms with van der Waals surface area (Å²) in [5.74, 6) is 1.11. The van der Waals surface area contributed by atoms with Crippen molar-refractivity contribution >= 4 is 21.8 Å². The summed E-state index contributed by atoms with van der Waals surface area (Å²) in [7, 11) is 0. The fourth-order valence-corrected chi connectivity index (χ4v) is 3.83. The molecule has 7 heteroatoms. The molecule has 1 unspecified atom stereocenters. The molecule has 2 aromatic carbocycles. The number of benzene rings is 2. The molecule has 0 radical (unpaired) electrons. The van der Waals surface area contributed by atoms with E-state index in [1.54, 1.807) is 30.6 Å². The van der Waals surface area contributed by atoms with E-state index in [1.165, 1.54) is 0 Å². The Balaban J connectivity index is 1.47. The number of carbonyl (C=O) groups excluding carboxylic acids is 1. The monoisotopic (exact) mass is 496 g/mol. The van der Waals surface area contributed by atoms with Crippen LogP contribution >= 0.6 is 15.9 Å². The minimum atomic E-state index is -0.144. The first-order valence-electron chi connectivity index (χ1n) is 10.6. The Bertz CT molecular complexity index is 1040. The smallest absolute Gasteiger partial charge is 0.254 e. The molecular weight excluding hydrogens is 472 g/mol. The highest BCUT2D eigenvalue weighted by Crippen LogP contribution is 2.31. The van der Waals surface area contributed by atoms with Gasteiger partial charge in [-0.25, -0.2) is 0 Å².